The van der Waals surface area contributed by atoms with Crippen LogP contribution in [0.2, 0.25) is 0 Å². The van der Waals surface area contributed by atoms with Crippen molar-refractivity contribution in [1.82, 2.24) is 20.2 Å². The van der Waals surface area contributed by atoms with E-state index in [1.165, 1.54) is 0 Å². The molecule has 1 aromatic heterocycles. The number of ether oxygens (including phenoxy) is 1. The molecule has 3 heterocycles. The smallest absolute Gasteiger partial charge is 0.287 e. The Balaban J connectivity index is 1.51. The molecule has 2 N–H and O–H groups in total. The summed E-state index contributed by atoms with van der Waals surface area (Å²) in [4.78, 5) is 29.4. The fourth-order valence-electron chi connectivity index (χ4n) is 3.47. The van der Waals surface area contributed by atoms with E-state index in [0.29, 0.717) is 18.1 Å². The van der Waals surface area contributed by atoms with Gasteiger partial charge in [-0.25, -0.2) is 4.98 Å². The number of amides is 2. The third-order valence-corrected chi connectivity index (χ3v) is 4.96. The van der Waals surface area contributed by atoms with Gasteiger partial charge < -0.3 is 19.9 Å². The number of nitrogens with zero attached hydrogens (tertiary/aromatic N) is 2. The van der Waals surface area contributed by atoms with E-state index in [9.17, 15) is 9.59 Å². The van der Waals surface area contributed by atoms with Gasteiger partial charge in [0, 0.05) is 25.7 Å². The molecule has 24 heavy (non-hydrogen) atoms. The summed E-state index contributed by atoms with van der Waals surface area (Å²) in [6.45, 7) is 2.04. The van der Waals surface area contributed by atoms with Gasteiger partial charge in [0.2, 0.25) is 0 Å². The fraction of sp³-hybridized carbons (Fsp3) is 0.706. The number of rotatable bonds is 5. The van der Waals surface area contributed by atoms with Gasteiger partial charge >= 0.3 is 0 Å². The molecule has 0 spiro atoms. The van der Waals surface area contributed by atoms with Crippen molar-refractivity contribution in [3.8, 4) is 0 Å². The van der Waals surface area contributed by atoms with Crippen LogP contribution >= 0.6 is 0 Å². The molecule has 130 valence electrons. The minimum atomic E-state index is -0.193. The number of carbonyl (C=O) groups is 2. The number of nitrogens with one attached hydrogen (secondary N) is 2. The zero-order valence-electron chi connectivity index (χ0n) is 13.8. The Bertz CT molecular complexity index is 645. The fourth-order valence-corrected chi connectivity index (χ4v) is 3.47. The first-order chi connectivity index (χ1) is 11.7. The molecule has 7 nitrogen and oxygen atoms in total. The van der Waals surface area contributed by atoms with Gasteiger partial charge in [-0.3, -0.25) is 9.59 Å². The van der Waals surface area contributed by atoms with Crippen LogP contribution in [0.5, 0.6) is 0 Å². The summed E-state index contributed by atoms with van der Waals surface area (Å²) in [5.74, 6) is 0.0410. The first kappa shape index (κ1) is 15.6. The molecule has 2 aliphatic heterocycles. The van der Waals surface area contributed by atoms with Gasteiger partial charge in [-0.05, 0) is 44.9 Å². The minimum Gasteiger partial charge on any atom is -0.376 e. The van der Waals surface area contributed by atoms with E-state index in [-0.39, 0.29) is 24.0 Å². The molecule has 1 atom stereocenters. The number of carbonyl (C=O) groups excluding carboxylic acids is 2. The average Bonchev–Trinajstić information content (AvgIpc) is 3.12. The Labute approximate surface area is 141 Å². The van der Waals surface area contributed by atoms with E-state index >= 15 is 0 Å². The molecule has 1 aliphatic carbocycles. The Morgan fingerprint density at radius 3 is 2.79 bits per heavy atom. The first-order valence-electron chi connectivity index (χ1n) is 9.02. The molecular weight excluding hydrogens is 308 g/mol. The number of aromatic nitrogens is 2. The maximum absolute atomic E-state index is 12.6. The molecule has 1 saturated heterocycles. The molecule has 0 bridgehead atoms. The van der Waals surface area contributed by atoms with Gasteiger partial charge in [0.05, 0.1) is 11.8 Å². The van der Waals surface area contributed by atoms with Crippen molar-refractivity contribution in [3.63, 3.8) is 0 Å². The van der Waals surface area contributed by atoms with Crippen LogP contribution in [0, 0.1) is 0 Å². The standard InChI is InChI=1S/C17H24N4O3/c22-16(18-10-12-4-3-9-24-12)14-13-5-1-2-8-21(13)15(20-14)17(23)19-11-6-7-11/h11-12H,1-10H2,(H,18,22)(H,19,23). The van der Waals surface area contributed by atoms with Gasteiger partial charge in [-0.15, -0.1) is 0 Å². The van der Waals surface area contributed by atoms with Crippen LogP contribution in [0.4, 0.5) is 0 Å². The van der Waals surface area contributed by atoms with E-state index in [1.54, 1.807) is 0 Å². The Morgan fingerprint density at radius 2 is 2.04 bits per heavy atom. The van der Waals surface area contributed by atoms with Crippen molar-refractivity contribution in [3.05, 3.63) is 17.2 Å². The van der Waals surface area contributed by atoms with Crippen molar-refractivity contribution in [2.24, 2.45) is 0 Å². The van der Waals surface area contributed by atoms with E-state index in [0.717, 1.165) is 63.8 Å². The van der Waals surface area contributed by atoms with E-state index < -0.39 is 0 Å². The second-order valence-electron chi connectivity index (χ2n) is 6.93. The monoisotopic (exact) mass is 332 g/mol. The molecule has 2 fully saturated rings. The van der Waals surface area contributed by atoms with Crippen molar-refractivity contribution in [1.29, 1.82) is 0 Å². The lowest BCUT2D eigenvalue weighted by molar-refractivity contribution is 0.0853. The Hall–Kier alpha value is -1.89. The van der Waals surface area contributed by atoms with Gasteiger partial charge in [0.1, 0.15) is 5.69 Å². The lowest BCUT2D eigenvalue weighted by atomic mass is 10.1. The Morgan fingerprint density at radius 1 is 1.17 bits per heavy atom. The lowest BCUT2D eigenvalue weighted by Crippen LogP contribution is -2.32. The summed E-state index contributed by atoms with van der Waals surface area (Å²) in [6.07, 6.45) is 7.05. The van der Waals surface area contributed by atoms with Crippen molar-refractivity contribution < 1.29 is 14.3 Å². The summed E-state index contributed by atoms with van der Waals surface area (Å²) in [5.41, 5.74) is 1.31. The van der Waals surface area contributed by atoms with Crippen molar-refractivity contribution in [2.75, 3.05) is 13.2 Å². The van der Waals surface area contributed by atoms with Gasteiger partial charge in [0.15, 0.2) is 5.82 Å². The molecule has 1 aromatic rings. The maximum Gasteiger partial charge on any atom is 0.287 e. The van der Waals surface area contributed by atoms with Crippen LogP contribution < -0.4 is 10.6 Å². The molecular formula is C17H24N4O3. The minimum absolute atomic E-state index is 0.102. The maximum atomic E-state index is 12.6. The lowest BCUT2D eigenvalue weighted by Gasteiger charge is -2.17. The highest BCUT2D eigenvalue weighted by Gasteiger charge is 2.31. The summed E-state index contributed by atoms with van der Waals surface area (Å²) in [5, 5.41) is 5.90. The number of hydrogen-bond acceptors (Lipinski definition) is 4. The van der Waals surface area contributed by atoms with Crippen LogP contribution in [0.25, 0.3) is 0 Å². The van der Waals surface area contributed by atoms with Crippen LogP contribution in [0.3, 0.4) is 0 Å². The third kappa shape index (κ3) is 3.17. The highest BCUT2D eigenvalue weighted by atomic mass is 16.5. The van der Waals surface area contributed by atoms with Crippen molar-refractivity contribution >= 4 is 11.8 Å². The molecule has 0 aromatic carbocycles. The van der Waals surface area contributed by atoms with Crippen LogP contribution in [-0.2, 0) is 17.7 Å². The number of hydrogen-bond donors (Lipinski definition) is 2. The quantitative estimate of drug-likeness (QED) is 0.843. The van der Waals surface area contributed by atoms with E-state index in [2.05, 4.69) is 15.6 Å². The molecule has 3 aliphatic rings. The highest BCUT2D eigenvalue weighted by Crippen LogP contribution is 2.23. The average molecular weight is 332 g/mol. The van der Waals surface area contributed by atoms with Gasteiger partial charge in [0.25, 0.3) is 11.8 Å². The molecule has 4 rings (SSSR count). The largest absolute Gasteiger partial charge is 0.376 e. The number of imidazole rings is 1. The normalized spacial score (nSPS) is 22.9. The van der Waals surface area contributed by atoms with E-state index in [4.69, 9.17) is 4.74 Å². The predicted molar refractivity (Wildman–Crippen MR) is 87.0 cm³/mol. The summed E-state index contributed by atoms with van der Waals surface area (Å²) in [7, 11) is 0. The molecule has 1 saturated carbocycles. The summed E-state index contributed by atoms with van der Waals surface area (Å²) in [6, 6.07) is 0.283. The van der Waals surface area contributed by atoms with Crippen LogP contribution in [0.15, 0.2) is 0 Å². The van der Waals surface area contributed by atoms with Gasteiger partial charge in [-0.1, -0.05) is 0 Å². The van der Waals surface area contributed by atoms with Crippen molar-refractivity contribution in [2.45, 2.75) is 63.6 Å². The van der Waals surface area contributed by atoms with Crippen LogP contribution in [-0.4, -0.2) is 46.7 Å². The highest BCUT2D eigenvalue weighted by molar-refractivity contribution is 5.97. The topological polar surface area (TPSA) is 85.2 Å². The first-order valence-corrected chi connectivity index (χ1v) is 9.02. The molecule has 2 amide bonds. The molecule has 0 radical (unpaired) electrons. The second kappa shape index (κ2) is 6.55. The summed E-state index contributed by atoms with van der Waals surface area (Å²) >= 11 is 0. The molecule has 1 unspecified atom stereocenters. The zero-order valence-corrected chi connectivity index (χ0v) is 13.8. The van der Waals surface area contributed by atoms with Gasteiger partial charge in [-0.2, -0.15) is 0 Å². The third-order valence-electron chi connectivity index (χ3n) is 4.96. The SMILES string of the molecule is O=C(NCC1CCCO1)c1nc(C(=O)NC2CC2)n2c1CCCC2. The summed E-state index contributed by atoms with van der Waals surface area (Å²) < 4.78 is 7.47. The molecule has 7 heteroatoms. The van der Waals surface area contributed by atoms with E-state index in [1.807, 2.05) is 4.57 Å². The number of fused-ring (bicyclic) bond motifs is 1. The Kier molecular flexibility index (Phi) is 4.26. The van der Waals surface area contributed by atoms with Crippen LogP contribution in [0.1, 0.15) is 65.3 Å². The predicted octanol–water partition coefficient (Wildman–Crippen LogP) is 1.02. The second-order valence-corrected chi connectivity index (χ2v) is 6.93. The zero-order chi connectivity index (χ0) is 16.5.